The Hall–Kier alpha value is -4.31. The number of oxazole rings is 1. The number of ether oxygens (including phenoxy) is 2. The number of aromatic nitrogens is 1. The summed E-state index contributed by atoms with van der Waals surface area (Å²) in [5.41, 5.74) is 2.77. The molecule has 0 saturated carbocycles. The Kier molecular flexibility index (Phi) is 6.58. The van der Waals surface area contributed by atoms with Crippen molar-refractivity contribution in [3.63, 3.8) is 0 Å². The highest BCUT2D eigenvalue weighted by molar-refractivity contribution is 7.92. The third-order valence-corrected chi connectivity index (χ3v) is 7.84. The number of benzene rings is 3. The quantitative estimate of drug-likeness (QED) is 0.321. The number of fused-ring (bicyclic) bond motifs is 1. The third-order valence-electron chi connectivity index (χ3n) is 6.02. The van der Waals surface area contributed by atoms with Crippen LogP contribution in [0.4, 0.5) is 10.5 Å². The minimum Gasteiger partial charge on any atom is -0.493 e. The summed E-state index contributed by atoms with van der Waals surface area (Å²) in [6.07, 6.45) is -2.07. The molecular weight excluding hydrogens is 496 g/mol. The summed E-state index contributed by atoms with van der Waals surface area (Å²) in [7, 11) is -4.09. The van der Waals surface area contributed by atoms with Crippen molar-refractivity contribution in [3.05, 3.63) is 95.9 Å². The van der Waals surface area contributed by atoms with Gasteiger partial charge < -0.3 is 19.0 Å². The lowest BCUT2D eigenvalue weighted by Crippen LogP contribution is -2.40. The van der Waals surface area contributed by atoms with Crippen LogP contribution in [0.3, 0.4) is 0 Å². The van der Waals surface area contributed by atoms with Gasteiger partial charge in [-0.05, 0) is 55.0 Å². The van der Waals surface area contributed by atoms with Crippen LogP contribution < -0.4 is 9.04 Å². The monoisotopic (exact) mass is 520 g/mol. The highest BCUT2D eigenvalue weighted by Crippen LogP contribution is 2.37. The standard InChI is InChI=1S/C27H24N2O7S/c1-18-23(28-26(35-18)19-7-3-2-4-8-19)15-16-34-21-11-13-22(14-12-21)37(32,33)29-24-10-6-5-9-20(24)17-25(29)36-27(30)31/h2-14,25H,15-17H2,1H3,(H,30,31)/t25-/m1/s1. The molecule has 0 spiro atoms. The summed E-state index contributed by atoms with van der Waals surface area (Å²) in [6.45, 7) is 2.17. The van der Waals surface area contributed by atoms with Gasteiger partial charge in [0.15, 0.2) is 6.23 Å². The molecule has 1 aliphatic rings. The van der Waals surface area contributed by atoms with E-state index in [-0.39, 0.29) is 11.3 Å². The van der Waals surface area contributed by atoms with Gasteiger partial charge in [-0.25, -0.2) is 22.5 Å². The van der Waals surface area contributed by atoms with E-state index in [0.717, 1.165) is 15.6 Å². The first-order valence-corrected chi connectivity index (χ1v) is 13.0. The predicted molar refractivity (Wildman–Crippen MR) is 135 cm³/mol. The maximum atomic E-state index is 13.4. The molecule has 1 N–H and O–H groups in total. The average molecular weight is 521 g/mol. The number of anilines is 1. The molecule has 0 aliphatic carbocycles. The smallest absolute Gasteiger partial charge is 0.493 e. The summed E-state index contributed by atoms with van der Waals surface area (Å²) in [5, 5.41) is 9.11. The van der Waals surface area contributed by atoms with Crippen LogP contribution in [0.1, 0.15) is 17.0 Å². The van der Waals surface area contributed by atoms with Crippen LogP contribution in [0.2, 0.25) is 0 Å². The first kappa shape index (κ1) is 24.4. The van der Waals surface area contributed by atoms with Gasteiger partial charge in [0.05, 0.1) is 22.9 Å². The summed E-state index contributed by atoms with van der Waals surface area (Å²) in [5.74, 6) is 1.76. The van der Waals surface area contributed by atoms with Crippen molar-refractivity contribution < 1.29 is 32.2 Å². The van der Waals surface area contributed by atoms with Gasteiger partial charge in [-0.2, -0.15) is 0 Å². The Labute approximate surface area is 214 Å². The second-order valence-electron chi connectivity index (χ2n) is 8.43. The zero-order chi connectivity index (χ0) is 26.0. The van der Waals surface area contributed by atoms with Crippen LogP contribution in [0.5, 0.6) is 5.75 Å². The SMILES string of the molecule is Cc1oc(-c2ccccc2)nc1CCOc1ccc(S(=O)(=O)N2c3ccccc3C[C@H]2OC(=O)O)cc1. The molecule has 9 nitrogen and oxygen atoms in total. The van der Waals surface area contributed by atoms with Crippen LogP contribution in [0.15, 0.2) is 88.2 Å². The Morgan fingerprint density at radius 3 is 2.49 bits per heavy atom. The zero-order valence-corrected chi connectivity index (χ0v) is 20.7. The van der Waals surface area contributed by atoms with Gasteiger partial charge in [0.2, 0.25) is 5.89 Å². The molecule has 0 fully saturated rings. The molecule has 37 heavy (non-hydrogen) atoms. The molecule has 190 valence electrons. The summed E-state index contributed by atoms with van der Waals surface area (Å²) >= 11 is 0. The molecule has 3 aromatic carbocycles. The number of rotatable bonds is 8. The summed E-state index contributed by atoms with van der Waals surface area (Å²) in [4.78, 5) is 15.7. The van der Waals surface area contributed by atoms with E-state index in [9.17, 15) is 13.2 Å². The first-order valence-electron chi connectivity index (χ1n) is 11.6. The first-order chi connectivity index (χ1) is 17.8. The van der Waals surface area contributed by atoms with Crippen molar-refractivity contribution in [2.24, 2.45) is 0 Å². The number of carboxylic acid groups (broad SMARTS) is 1. The van der Waals surface area contributed by atoms with E-state index in [1.807, 2.05) is 37.3 Å². The fourth-order valence-corrected chi connectivity index (χ4v) is 5.84. The molecule has 4 aromatic rings. The Morgan fingerprint density at radius 1 is 1.05 bits per heavy atom. The second kappa shape index (κ2) is 9.98. The number of hydrogen-bond acceptors (Lipinski definition) is 7. The van der Waals surface area contributed by atoms with Gasteiger partial charge >= 0.3 is 6.16 Å². The van der Waals surface area contributed by atoms with E-state index in [2.05, 4.69) is 4.98 Å². The number of sulfonamides is 1. The highest BCUT2D eigenvalue weighted by Gasteiger charge is 2.40. The van der Waals surface area contributed by atoms with E-state index in [4.69, 9.17) is 19.0 Å². The molecule has 5 rings (SSSR count). The molecule has 10 heteroatoms. The number of hydrogen-bond donors (Lipinski definition) is 1. The van der Waals surface area contributed by atoms with Gasteiger partial charge in [-0.3, -0.25) is 0 Å². The Morgan fingerprint density at radius 2 is 1.76 bits per heavy atom. The average Bonchev–Trinajstić information content (AvgIpc) is 3.44. The fraction of sp³-hybridized carbons (Fsp3) is 0.185. The van der Waals surface area contributed by atoms with E-state index in [0.29, 0.717) is 41.7 Å². The van der Waals surface area contributed by atoms with Crippen molar-refractivity contribution >= 4 is 21.9 Å². The minimum atomic E-state index is -4.09. The number of aryl methyl sites for hydroxylation is 1. The topological polar surface area (TPSA) is 119 Å². The van der Waals surface area contributed by atoms with Crippen molar-refractivity contribution in [2.75, 3.05) is 10.9 Å². The summed E-state index contributed by atoms with van der Waals surface area (Å²) < 4.78 is 44.4. The van der Waals surface area contributed by atoms with Crippen molar-refractivity contribution in [3.8, 4) is 17.2 Å². The predicted octanol–water partition coefficient (Wildman–Crippen LogP) is 5.04. The van der Waals surface area contributed by atoms with Crippen LogP contribution in [-0.4, -0.2) is 37.5 Å². The molecule has 1 aromatic heterocycles. The van der Waals surface area contributed by atoms with E-state index in [1.165, 1.54) is 12.1 Å². The van der Waals surface area contributed by atoms with E-state index >= 15 is 0 Å². The molecule has 0 unspecified atom stereocenters. The zero-order valence-electron chi connectivity index (χ0n) is 19.9. The number of nitrogens with zero attached hydrogens (tertiary/aromatic N) is 2. The van der Waals surface area contributed by atoms with E-state index < -0.39 is 22.4 Å². The van der Waals surface area contributed by atoms with Gasteiger partial charge in [-0.15, -0.1) is 0 Å². The molecule has 0 radical (unpaired) electrons. The maximum Gasteiger partial charge on any atom is 0.507 e. The van der Waals surface area contributed by atoms with Gasteiger partial charge in [0.1, 0.15) is 11.5 Å². The minimum absolute atomic E-state index is 0.00427. The third kappa shape index (κ3) is 5.01. The largest absolute Gasteiger partial charge is 0.507 e. The number of para-hydroxylation sites is 1. The van der Waals surface area contributed by atoms with Crippen molar-refractivity contribution in [2.45, 2.75) is 30.9 Å². The lowest BCUT2D eigenvalue weighted by molar-refractivity contribution is 0.0596. The number of carbonyl (C=O) groups is 1. The molecule has 1 aliphatic heterocycles. The Bertz CT molecular complexity index is 1520. The molecule has 0 bridgehead atoms. The lowest BCUT2D eigenvalue weighted by Gasteiger charge is -2.25. The van der Waals surface area contributed by atoms with E-state index in [1.54, 1.807) is 36.4 Å². The van der Waals surface area contributed by atoms with Crippen LogP contribution in [0, 0.1) is 6.92 Å². The van der Waals surface area contributed by atoms with Crippen LogP contribution in [0.25, 0.3) is 11.5 Å². The van der Waals surface area contributed by atoms with Gasteiger partial charge in [-0.1, -0.05) is 36.4 Å². The fourth-order valence-electron chi connectivity index (χ4n) is 4.27. The van der Waals surface area contributed by atoms with Gasteiger partial charge in [0.25, 0.3) is 10.0 Å². The molecule has 2 heterocycles. The molecule has 0 amide bonds. The van der Waals surface area contributed by atoms with Crippen molar-refractivity contribution in [1.82, 2.24) is 4.98 Å². The highest BCUT2D eigenvalue weighted by atomic mass is 32.2. The molecule has 0 saturated heterocycles. The molecule has 1 atom stereocenters. The summed E-state index contributed by atoms with van der Waals surface area (Å²) in [6, 6.07) is 22.4. The van der Waals surface area contributed by atoms with Gasteiger partial charge in [0, 0.05) is 18.4 Å². The lowest BCUT2D eigenvalue weighted by atomic mass is 10.2. The van der Waals surface area contributed by atoms with Crippen LogP contribution in [-0.2, 0) is 27.6 Å². The maximum absolute atomic E-state index is 13.4. The normalized spacial score (nSPS) is 14.8. The van der Waals surface area contributed by atoms with Crippen LogP contribution >= 0.6 is 0 Å². The van der Waals surface area contributed by atoms with Crippen molar-refractivity contribution in [1.29, 1.82) is 0 Å². The Balaban J connectivity index is 1.27. The molecular formula is C27H24N2O7S. The second-order valence-corrected chi connectivity index (χ2v) is 10.2.